The highest BCUT2D eigenvalue weighted by molar-refractivity contribution is 5.71. The number of hydrogen-bond acceptors (Lipinski definition) is 4. The minimum atomic E-state index is -4.87. The minimum Gasteiger partial charge on any atom is -0.481 e. The predicted molar refractivity (Wildman–Crippen MR) is 47.8 cm³/mol. The molecule has 96 valence electrons. The Labute approximate surface area is 89.9 Å². The molecule has 0 heterocycles. The summed E-state index contributed by atoms with van der Waals surface area (Å²) >= 11 is 0. The van der Waals surface area contributed by atoms with E-state index in [1.54, 1.807) is 0 Å². The predicted octanol–water partition coefficient (Wildman–Crippen LogP) is -0.418. The lowest BCUT2D eigenvalue weighted by molar-refractivity contribution is -0.193. The molecule has 0 bridgehead atoms. The lowest BCUT2D eigenvalue weighted by Crippen LogP contribution is -2.53. The SMILES string of the molecule is CC(CO)(CO)NCC(C(=O)O)C(F)(F)F. The van der Waals surface area contributed by atoms with Crippen molar-refractivity contribution in [3.05, 3.63) is 0 Å². The smallest absolute Gasteiger partial charge is 0.403 e. The maximum atomic E-state index is 12.2. The van der Waals surface area contributed by atoms with Crippen molar-refractivity contribution in [3.63, 3.8) is 0 Å². The lowest BCUT2D eigenvalue weighted by atomic mass is 10.0. The fourth-order valence-electron chi connectivity index (χ4n) is 0.853. The first kappa shape index (κ1) is 15.1. The van der Waals surface area contributed by atoms with Crippen molar-refractivity contribution in [2.75, 3.05) is 19.8 Å². The van der Waals surface area contributed by atoms with Gasteiger partial charge in [0.25, 0.3) is 0 Å². The average Bonchev–Trinajstić information content (AvgIpc) is 2.15. The summed E-state index contributed by atoms with van der Waals surface area (Å²) in [6.45, 7) is -0.833. The van der Waals surface area contributed by atoms with Crippen LogP contribution in [0.15, 0.2) is 0 Å². The van der Waals surface area contributed by atoms with Crippen LogP contribution >= 0.6 is 0 Å². The van der Waals surface area contributed by atoms with Gasteiger partial charge in [0.05, 0.1) is 18.8 Å². The van der Waals surface area contributed by atoms with Gasteiger partial charge in [-0.15, -0.1) is 0 Å². The number of carboxylic acid groups (broad SMARTS) is 1. The van der Waals surface area contributed by atoms with Crippen LogP contribution in [0.1, 0.15) is 6.92 Å². The first-order valence-electron chi connectivity index (χ1n) is 4.42. The van der Waals surface area contributed by atoms with Gasteiger partial charge in [-0.05, 0) is 6.92 Å². The monoisotopic (exact) mass is 245 g/mol. The number of aliphatic carboxylic acids is 1. The van der Waals surface area contributed by atoms with Crippen molar-refractivity contribution in [3.8, 4) is 0 Å². The van der Waals surface area contributed by atoms with E-state index in [0.717, 1.165) is 0 Å². The van der Waals surface area contributed by atoms with Crippen LogP contribution in [0, 0.1) is 5.92 Å². The van der Waals surface area contributed by atoms with Gasteiger partial charge in [0.15, 0.2) is 5.92 Å². The molecule has 0 aromatic carbocycles. The van der Waals surface area contributed by atoms with Crippen molar-refractivity contribution < 1.29 is 33.3 Å². The molecular formula is C8H14F3NO4. The molecule has 16 heavy (non-hydrogen) atoms. The molecule has 0 aromatic heterocycles. The maximum Gasteiger partial charge on any atom is 0.403 e. The van der Waals surface area contributed by atoms with Gasteiger partial charge in [-0.3, -0.25) is 4.79 Å². The Bertz CT molecular complexity index is 240. The Balaban J connectivity index is 4.51. The van der Waals surface area contributed by atoms with E-state index in [1.165, 1.54) is 6.92 Å². The number of halogens is 3. The number of hydrogen-bond donors (Lipinski definition) is 4. The summed E-state index contributed by atoms with van der Waals surface area (Å²) in [5.74, 6) is -4.57. The molecule has 8 heteroatoms. The number of nitrogens with one attached hydrogen (secondary N) is 1. The Hall–Kier alpha value is -0.860. The molecule has 0 amide bonds. The molecule has 0 fully saturated rings. The summed E-state index contributed by atoms with van der Waals surface area (Å²) in [6.07, 6.45) is -4.87. The number of carbonyl (C=O) groups is 1. The summed E-state index contributed by atoms with van der Waals surface area (Å²) in [5, 5.41) is 28.1. The maximum absolute atomic E-state index is 12.2. The molecule has 1 unspecified atom stereocenters. The second-order valence-corrected chi connectivity index (χ2v) is 3.69. The topological polar surface area (TPSA) is 89.8 Å². The van der Waals surface area contributed by atoms with Crippen LogP contribution in [0.4, 0.5) is 13.2 Å². The lowest BCUT2D eigenvalue weighted by Gasteiger charge is -2.28. The molecule has 4 N–H and O–H groups in total. The largest absolute Gasteiger partial charge is 0.481 e. The molecule has 0 aliphatic carbocycles. The van der Waals surface area contributed by atoms with Crippen molar-refractivity contribution in [1.82, 2.24) is 5.32 Å². The van der Waals surface area contributed by atoms with E-state index in [9.17, 15) is 18.0 Å². The fourth-order valence-corrected chi connectivity index (χ4v) is 0.853. The van der Waals surface area contributed by atoms with Crippen molar-refractivity contribution in [1.29, 1.82) is 0 Å². The summed E-state index contributed by atoms with van der Waals surface area (Å²) in [7, 11) is 0. The van der Waals surface area contributed by atoms with Gasteiger partial charge < -0.3 is 20.6 Å². The summed E-state index contributed by atoms with van der Waals surface area (Å²) in [5.41, 5.74) is -1.33. The Morgan fingerprint density at radius 2 is 1.75 bits per heavy atom. The van der Waals surface area contributed by atoms with E-state index in [-0.39, 0.29) is 0 Å². The Morgan fingerprint density at radius 1 is 1.31 bits per heavy atom. The molecule has 0 aliphatic heterocycles. The highest BCUT2D eigenvalue weighted by Gasteiger charge is 2.45. The van der Waals surface area contributed by atoms with Gasteiger partial charge in [-0.1, -0.05) is 0 Å². The zero-order chi connectivity index (χ0) is 13.0. The summed E-state index contributed by atoms with van der Waals surface area (Å²) in [4.78, 5) is 10.4. The number of carboxylic acids is 1. The normalized spacial score (nSPS) is 14.9. The molecule has 0 rings (SSSR count). The third-order valence-corrected chi connectivity index (χ3v) is 2.12. The first-order chi connectivity index (χ1) is 7.16. The Morgan fingerprint density at radius 3 is 2.00 bits per heavy atom. The standard InChI is InChI=1S/C8H14F3NO4/c1-7(3-13,4-14)12-2-5(6(15)16)8(9,10)11/h5,12-14H,2-4H2,1H3,(H,15,16). The third-order valence-electron chi connectivity index (χ3n) is 2.12. The van der Waals surface area contributed by atoms with E-state index in [2.05, 4.69) is 5.32 Å². The van der Waals surface area contributed by atoms with E-state index in [4.69, 9.17) is 15.3 Å². The van der Waals surface area contributed by atoms with Gasteiger partial charge in [0, 0.05) is 6.54 Å². The molecule has 0 radical (unpaired) electrons. The van der Waals surface area contributed by atoms with Crippen LogP contribution in [-0.2, 0) is 4.79 Å². The second-order valence-electron chi connectivity index (χ2n) is 3.69. The summed E-state index contributed by atoms with van der Waals surface area (Å²) < 4.78 is 36.6. The first-order valence-corrected chi connectivity index (χ1v) is 4.42. The molecule has 0 aromatic rings. The van der Waals surface area contributed by atoms with Crippen molar-refractivity contribution in [2.45, 2.75) is 18.6 Å². The highest BCUT2D eigenvalue weighted by atomic mass is 19.4. The van der Waals surface area contributed by atoms with E-state index >= 15 is 0 Å². The quantitative estimate of drug-likeness (QED) is 0.510. The van der Waals surface area contributed by atoms with Gasteiger partial charge in [0.1, 0.15) is 0 Å². The van der Waals surface area contributed by atoms with Gasteiger partial charge in [-0.2, -0.15) is 13.2 Å². The molecule has 0 spiro atoms. The minimum absolute atomic E-state index is 0.603. The molecule has 0 aliphatic rings. The van der Waals surface area contributed by atoms with Crippen molar-refractivity contribution in [2.24, 2.45) is 5.92 Å². The van der Waals surface area contributed by atoms with Gasteiger partial charge in [0.2, 0.25) is 0 Å². The Kier molecular flexibility index (Phi) is 5.17. The summed E-state index contributed by atoms with van der Waals surface area (Å²) in [6, 6.07) is 0. The van der Waals surface area contributed by atoms with E-state index in [1.807, 2.05) is 0 Å². The zero-order valence-electron chi connectivity index (χ0n) is 8.58. The highest BCUT2D eigenvalue weighted by Crippen LogP contribution is 2.26. The number of rotatable bonds is 6. The third kappa shape index (κ3) is 4.33. The van der Waals surface area contributed by atoms with E-state index < -0.39 is 43.4 Å². The molecular weight excluding hydrogens is 231 g/mol. The van der Waals surface area contributed by atoms with Crippen LogP contribution in [0.2, 0.25) is 0 Å². The zero-order valence-corrected chi connectivity index (χ0v) is 8.58. The van der Waals surface area contributed by atoms with Crippen LogP contribution in [0.25, 0.3) is 0 Å². The molecule has 1 atom stereocenters. The van der Waals surface area contributed by atoms with Crippen LogP contribution in [0.3, 0.4) is 0 Å². The van der Waals surface area contributed by atoms with Crippen LogP contribution in [0.5, 0.6) is 0 Å². The van der Waals surface area contributed by atoms with Crippen LogP contribution in [-0.4, -0.2) is 52.8 Å². The van der Waals surface area contributed by atoms with Crippen molar-refractivity contribution >= 4 is 5.97 Å². The second kappa shape index (κ2) is 5.46. The van der Waals surface area contributed by atoms with Gasteiger partial charge in [-0.25, -0.2) is 0 Å². The molecule has 0 saturated carbocycles. The molecule has 0 saturated heterocycles. The van der Waals surface area contributed by atoms with Gasteiger partial charge >= 0.3 is 12.1 Å². The van der Waals surface area contributed by atoms with E-state index in [0.29, 0.717) is 0 Å². The number of alkyl halides is 3. The fraction of sp³-hybridized carbons (Fsp3) is 0.875. The molecule has 5 nitrogen and oxygen atoms in total. The van der Waals surface area contributed by atoms with Crippen LogP contribution < -0.4 is 5.32 Å². The number of aliphatic hydroxyl groups excluding tert-OH is 2. The average molecular weight is 245 g/mol. The number of aliphatic hydroxyl groups is 2.